The lowest BCUT2D eigenvalue weighted by molar-refractivity contribution is -0.122. The maximum absolute atomic E-state index is 13.4. The molecule has 0 bridgehead atoms. The van der Waals surface area contributed by atoms with Crippen LogP contribution in [-0.4, -0.2) is 45.2 Å². The van der Waals surface area contributed by atoms with Crippen LogP contribution in [-0.2, 0) is 9.53 Å². The number of carbonyl (C=O) groups excluding carboxylic acids is 1. The Morgan fingerprint density at radius 3 is 2.60 bits per heavy atom. The van der Waals surface area contributed by atoms with Crippen molar-refractivity contribution in [3.8, 4) is 16.9 Å². The van der Waals surface area contributed by atoms with Crippen molar-refractivity contribution in [2.75, 3.05) is 20.3 Å². The summed E-state index contributed by atoms with van der Waals surface area (Å²) in [6.45, 7) is 0.819. The molecule has 30 heavy (non-hydrogen) atoms. The summed E-state index contributed by atoms with van der Waals surface area (Å²) in [7, 11) is 1.58. The van der Waals surface area contributed by atoms with Gasteiger partial charge < -0.3 is 4.74 Å². The second kappa shape index (κ2) is 8.91. The molecule has 152 valence electrons. The van der Waals surface area contributed by atoms with Gasteiger partial charge in [0.25, 0.3) is 5.91 Å². The van der Waals surface area contributed by atoms with Gasteiger partial charge in [-0.1, -0.05) is 42.2 Å². The van der Waals surface area contributed by atoms with Crippen LogP contribution in [0.3, 0.4) is 0 Å². The fourth-order valence-electron chi connectivity index (χ4n) is 3.05. The zero-order chi connectivity index (χ0) is 21.1. The lowest BCUT2D eigenvalue weighted by Gasteiger charge is -2.12. The Balaban J connectivity index is 1.76. The first-order valence-electron chi connectivity index (χ1n) is 9.22. The van der Waals surface area contributed by atoms with Gasteiger partial charge in [-0.25, -0.2) is 9.07 Å². The second-order valence-corrected chi connectivity index (χ2v) is 8.22. The molecule has 5 nitrogen and oxygen atoms in total. The van der Waals surface area contributed by atoms with E-state index in [-0.39, 0.29) is 11.7 Å². The van der Waals surface area contributed by atoms with Crippen LogP contribution in [0.25, 0.3) is 23.0 Å². The smallest absolute Gasteiger partial charge is 0.266 e. The van der Waals surface area contributed by atoms with Gasteiger partial charge in [0.2, 0.25) is 0 Å². The van der Waals surface area contributed by atoms with E-state index in [1.54, 1.807) is 30.0 Å². The summed E-state index contributed by atoms with van der Waals surface area (Å²) in [6.07, 6.45) is 3.65. The van der Waals surface area contributed by atoms with E-state index in [9.17, 15) is 9.18 Å². The first-order chi connectivity index (χ1) is 14.6. The van der Waals surface area contributed by atoms with E-state index in [4.69, 9.17) is 22.1 Å². The second-order valence-electron chi connectivity index (χ2n) is 6.55. The van der Waals surface area contributed by atoms with Crippen LogP contribution < -0.4 is 0 Å². The summed E-state index contributed by atoms with van der Waals surface area (Å²) >= 11 is 6.61. The lowest BCUT2D eigenvalue weighted by atomic mass is 10.1. The van der Waals surface area contributed by atoms with Gasteiger partial charge in [0.05, 0.1) is 29.4 Å². The van der Waals surface area contributed by atoms with Crippen LogP contribution in [0.4, 0.5) is 4.39 Å². The number of ether oxygens (including phenoxy) is 1. The van der Waals surface area contributed by atoms with Crippen LogP contribution >= 0.6 is 24.0 Å². The maximum Gasteiger partial charge on any atom is 0.266 e. The van der Waals surface area contributed by atoms with Crippen LogP contribution in [0.1, 0.15) is 5.56 Å². The minimum Gasteiger partial charge on any atom is -0.383 e. The first-order valence-corrected chi connectivity index (χ1v) is 10.4. The highest BCUT2D eigenvalue weighted by Gasteiger charge is 2.32. The molecule has 1 aromatic heterocycles. The molecular formula is C22H18FN3O2S2. The molecule has 0 atom stereocenters. The summed E-state index contributed by atoms with van der Waals surface area (Å²) in [4.78, 5) is 14.9. The predicted molar refractivity (Wildman–Crippen MR) is 121 cm³/mol. The molecule has 0 saturated carbocycles. The molecule has 1 aliphatic heterocycles. The van der Waals surface area contributed by atoms with Crippen molar-refractivity contribution < 1.29 is 13.9 Å². The van der Waals surface area contributed by atoms with E-state index in [1.165, 1.54) is 28.8 Å². The summed E-state index contributed by atoms with van der Waals surface area (Å²) in [6, 6.07) is 15.8. The molecule has 2 aromatic carbocycles. The number of nitrogens with zero attached hydrogens (tertiary/aromatic N) is 3. The van der Waals surface area contributed by atoms with E-state index in [1.807, 2.05) is 36.5 Å². The zero-order valence-electron chi connectivity index (χ0n) is 16.1. The monoisotopic (exact) mass is 439 g/mol. The van der Waals surface area contributed by atoms with E-state index in [0.29, 0.717) is 28.1 Å². The number of benzene rings is 2. The number of thioether (sulfide) groups is 1. The Bertz CT molecular complexity index is 1110. The van der Waals surface area contributed by atoms with Gasteiger partial charge in [0, 0.05) is 24.4 Å². The van der Waals surface area contributed by atoms with Crippen molar-refractivity contribution in [3.63, 3.8) is 0 Å². The summed E-state index contributed by atoms with van der Waals surface area (Å²) in [5.74, 6) is -0.471. The van der Waals surface area contributed by atoms with E-state index >= 15 is 0 Å². The number of amides is 1. The van der Waals surface area contributed by atoms with E-state index < -0.39 is 0 Å². The summed E-state index contributed by atoms with van der Waals surface area (Å²) in [5, 5.41) is 4.70. The van der Waals surface area contributed by atoms with Gasteiger partial charge >= 0.3 is 0 Å². The van der Waals surface area contributed by atoms with Gasteiger partial charge in [0.15, 0.2) is 0 Å². The number of aromatic nitrogens is 2. The van der Waals surface area contributed by atoms with E-state index in [0.717, 1.165) is 16.8 Å². The van der Waals surface area contributed by atoms with Crippen molar-refractivity contribution in [2.45, 2.75) is 0 Å². The number of thiocarbonyl (C=S) groups is 1. The van der Waals surface area contributed by atoms with E-state index in [2.05, 4.69) is 0 Å². The highest BCUT2D eigenvalue weighted by atomic mass is 32.2. The number of carbonyl (C=O) groups is 1. The minimum absolute atomic E-state index is 0.153. The molecule has 1 amide bonds. The standard InChI is InChI=1S/C22H18FN3O2S2/c1-28-12-11-25-21(27)19(30-22(25)29)13-16-14-26(18-5-3-2-4-6-18)24-20(16)15-7-9-17(23)10-8-15/h2-10,13-14H,11-12H2,1H3/b19-13+. The first kappa shape index (κ1) is 20.5. The van der Waals surface area contributed by atoms with Gasteiger partial charge in [-0.3, -0.25) is 9.69 Å². The normalized spacial score (nSPS) is 15.4. The van der Waals surface area contributed by atoms with Crippen LogP contribution in [0.15, 0.2) is 65.7 Å². The van der Waals surface area contributed by atoms with Crippen molar-refractivity contribution in [3.05, 3.63) is 77.1 Å². The number of rotatable bonds is 6. The molecule has 4 rings (SSSR count). The fourth-order valence-corrected chi connectivity index (χ4v) is 4.35. The third-order valence-electron chi connectivity index (χ3n) is 4.56. The Morgan fingerprint density at radius 2 is 1.90 bits per heavy atom. The molecule has 3 aromatic rings. The Morgan fingerprint density at radius 1 is 1.17 bits per heavy atom. The highest BCUT2D eigenvalue weighted by Crippen LogP contribution is 2.34. The largest absolute Gasteiger partial charge is 0.383 e. The Kier molecular flexibility index (Phi) is 6.08. The molecule has 0 radical (unpaired) electrons. The SMILES string of the molecule is COCCN1C(=O)/C(=C\c2cn(-c3ccccc3)nc2-c2ccc(F)cc2)SC1=S. The highest BCUT2D eigenvalue weighted by molar-refractivity contribution is 8.26. The Labute approximate surface area is 183 Å². The minimum atomic E-state index is -0.318. The van der Waals surface area contributed by atoms with Gasteiger partial charge in [-0.15, -0.1) is 0 Å². The topological polar surface area (TPSA) is 47.4 Å². The van der Waals surface area contributed by atoms with Gasteiger partial charge in [0.1, 0.15) is 10.1 Å². The van der Waals surface area contributed by atoms with Crippen molar-refractivity contribution in [1.29, 1.82) is 0 Å². The number of hydrogen-bond acceptors (Lipinski definition) is 5. The number of methoxy groups -OCH3 is 1. The van der Waals surface area contributed by atoms with Crippen LogP contribution in [0, 0.1) is 5.82 Å². The predicted octanol–water partition coefficient (Wildman–Crippen LogP) is 4.53. The molecule has 0 N–H and O–H groups in total. The quantitative estimate of drug-likeness (QED) is 0.417. The molecular weight excluding hydrogens is 421 g/mol. The molecule has 1 fully saturated rings. The average molecular weight is 440 g/mol. The summed E-state index contributed by atoms with van der Waals surface area (Å²) < 4.78 is 20.7. The number of halogens is 1. The molecule has 1 aliphatic rings. The molecule has 0 spiro atoms. The Hall–Kier alpha value is -2.81. The zero-order valence-corrected chi connectivity index (χ0v) is 17.8. The third kappa shape index (κ3) is 4.21. The van der Waals surface area contributed by atoms with Gasteiger partial charge in [-0.05, 0) is 42.5 Å². The van der Waals surface area contributed by atoms with Crippen LogP contribution in [0.5, 0.6) is 0 Å². The van der Waals surface area contributed by atoms with Gasteiger partial charge in [-0.2, -0.15) is 5.10 Å². The van der Waals surface area contributed by atoms with Crippen molar-refractivity contribution in [2.24, 2.45) is 0 Å². The van der Waals surface area contributed by atoms with Crippen molar-refractivity contribution in [1.82, 2.24) is 14.7 Å². The molecule has 8 heteroatoms. The fraction of sp³-hybridized carbons (Fsp3) is 0.136. The maximum atomic E-state index is 13.4. The molecule has 0 aliphatic carbocycles. The van der Waals surface area contributed by atoms with Crippen LogP contribution in [0.2, 0.25) is 0 Å². The summed E-state index contributed by atoms with van der Waals surface area (Å²) in [5.41, 5.74) is 3.04. The molecule has 2 heterocycles. The lowest BCUT2D eigenvalue weighted by Crippen LogP contribution is -2.31. The molecule has 1 saturated heterocycles. The number of hydrogen-bond donors (Lipinski definition) is 0. The van der Waals surface area contributed by atoms with Crippen molar-refractivity contribution >= 4 is 40.3 Å². The number of para-hydroxylation sites is 1. The third-order valence-corrected chi connectivity index (χ3v) is 5.94. The molecule has 0 unspecified atom stereocenters. The average Bonchev–Trinajstić information content (AvgIpc) is 3.29.